The molecular formula is C17H22BrNS. The average Bonchev–Trinajstić information content (AvgIpc) is 2.89. The summed E-state index contributed by atoms with van der Waals surface area (Å²) in [5.41, 5.74) is 1.41. The number of benzene rings is 1. The molecule has 1 unspecified atom stereocenters. The van der Waals surface area contributed by atoms with Gasteiger partial charge in [0, 0.05) is 17.5 Å². The molecule has 0 saturated heterocycles. The van der Waals surface area contributed by atoms with Crippen LogP contribution in [0.25, 0.3) is 0 Å². The number of halogens is 1. The van der Waals surface area contributed by atoms with Crippen LogP contribution in [0.5, 0.6) is 0 Å². The lowest BCUT2D eigenvalue weighted by Gasteiger charge is -2.19. The van der Waals surface area contributed by atoms with E-state index >= 15 is 0 Å². The summed E-state index contributed by atoms with van der Waals surface area (Å²) < 4.78 is 1.22. The van der Waals surface area contributed by atoms with Crippen LogP contribution in [0.2, 0.25) is 0 Å². The van der Waals surface area contributed by atoms with E-state index in [1.54, 1.807) is 0 Å². The summed E-state index contributed by atoms with van der Waals surface area (Å²) in [4.78, 5) is 1.44. The van der Waals surface area contributed by atoms with E-state index in [9.17, 15) is 0 Å². The van der Waals surface area contributed by atoms with Gasteiger partial charge >= 0.3 is 0 Å². The number of unbranched alkanes of at least 4 members (excludes halogenated alkanes) is 1. The van der Waals surface area contributed by atoms with Crippen LogP contribution in [-0.2, 0) is 6.42 Å². The first-order chi connectivity index (χ1) is 9.79. The van der Waals surface area contributed by atoms with Crippen LogP contribution in [0.4, 0.5) is 0 Å². The first-order valence-corrected chi connectivity index (χ1v) is 8.93. The number of thiophene rings is 1. The van der Waals surface area contributed by atoms with Crippen molar-refractivity contribution < 1.29 is 0 Å². The van der Waals surface area contributed by atoms with Crippen LogP contribution in [0.3, 0.4) is 0 Å². The number of hydrogen-bond donors (Lipinski definition) is 1. The second-order valence-corrected chi connectivity index (χ2v) is 7.56. The molecule has 0 saturated carbocycles. The maximum absolute atomic E-state index is 3.72. The first-order valence-electron chi connectivity index (χ1n) is 7.32. The third kappa shape index (κ3) is 5.04. The van der Waals surface area contributed by atoms with Crippen LogP contribution in [0.1, 0.15) is 42.7 Å². The number of nitrogens with one attached hydrogen (secondary N) is 1. The fraction of sp³-hybridized carbons (Fsp3) is 0.412. The zero-order valence-corrected chi connectivity index (χ0v) is 14.3. The van der Waals surface area contributed by atoms with Gasteiger partial charge in [0.1, 0.15) is 0 Å². The van der Waals surface area contributed by atoms with Crippen molar-refractivity contribution in [2.24, 2.45) is 0 Å². The minimum absolute atomic E-state index is 0.486. The van der Waals surface area contributed by atoms with Gasteiger partial charge in [-0.05, 0) is 46.5 Å². The molecule has 20 heavy (non-hydrogen) atoms. The molecule has 2 rings (SSSR count). The Morgan fingerprint density at radius 3 is 2.60 bits per heavy atom. The van der Waals surface area contributed by atoms with Crippen molar-refractivity contribution in [3.8, 4) is 0 Å². The Labute approximate surface area is 134 Å². The summed E-state index contributed by atoms with van der Waals surface area (Å²) in [5.74, 6) is 0. The molecule has 108 valence electrons. The van der Waals surface area contributed by atoms with Gasteiger partial charge in [0.25, 0.3) is 0 Å². The van der Waals surface area contributed by atoms with E-state index in [1.807, 2.05) is 11.3 Å². The molecule has 1 heterocycles. The quantitative estimate of drug-likeness (QED) is 0.654. The number of hydrogen-bond acceptors (Lipinski definition) is 2. The molecule has 0 amide bonds. The zero-order chi connectivity index (χ0) is 14.2. The minimum Gasteiger partial charge on any atom is -0.310 e. The topological polar surface area (TPSA) is 12.0 Å². The van der Waals surface area contributed by atoms with Crippen molar-refractivity contribution in [3.05, 3.63) is 56.7 Å². The Hall–Kier alpha value is -0.640. The lowest BCUT2D eigenvalue weighted by atomic mass is 10.0. The van der Waals surface area contributed by atoms with Gasteiger partial charge in [0.05, 0.1) is 3.79 Å². The second-order valence-electron chi connectivity index (χ2n) is 5.02. The lowest BCUT2D eigenvalue weighted by Crippen LogP contribution is -2.23. The Morgan fingerprint density at radius 1 is 1.15 bits per heavy atom. The van der Waals surface area contributed by atoms with Crippen LogP contribution in [-0.4, -0.2) is 6.54 Å². The molecule has 0 spiro atoms. The van der Waals surface area contributed by atoms with E-state index < -0.39 is 0 Å². The third-order valence-electron chi connectivity index (χ3n) is 3.44. The van der Waals surface area contributed by atoms with E-state index in [0.29, 0.717) is 6.04 Å². The van der Waals surface area contributed by atoms with E-state index in [0.717, 1.165) is 13.0 Å². The fourth-order valence-corrected chi connectivity index (χ4v) is 3.82. The minimum atomic E-state index is 0.486. The molecule has 0 fully saturated rings. The molecule has 1 N–H and O–H groups in total. The summed E-state index contributed by atoms with van der Waals surface area (Å²) in [7, 11) is 0. The highest BCUT2D eigenvalue weighted by atomic mass is 79.9. The van der Waals surface area contributed by atoms with Crippen LogP contribution in [0.15, 0.2) is 46.3 Å². The summed E-state index contributed by atoms with van der Waals surface area (Å²) in [6.07, 6.45) is 4.85. The Balaban J connectivity index is 1.87. The monoisotopic (exact) mass is 351 g/mol. The Bertz CT molecular complexity index is 495. The fourth-order valence-electron chi connectivity index (χ4n) is 2.34. The predicted molar refractivity (Wildman–Crippen MR) is 92.4 cm³/mol. The van der Waals surface area contributed by atoms with Crippen molar-refractivity contribution in [3.63, 3.8) is 0 Å². The smallest absolute Gasteiger partial charge is 0.0701 e. The Kier molecular flexibility index (Phi) is 6.77. The summed E-state index contributed by atoms with van der Waals surface area (Å²) in [6.45, 7) is 3.29. The van der Waals surface area contributed by atoms with Crippen LogP contribution >= 0.6 is 27.3 Å². The molecular weight excluding hydrogens is 330 g/mol. The highest BCUT2D eigenvalue weighted by Gasteiger charge is 2.09. The van der Waals surface area contributed by atoms with E-state index in [1.165, 1.54) is 33.5 Å². The molecule has 1 nitrogen and oxygen atoms in total. The first kappa shape index (κ1) is 15.7. The normalized spacial score (nSPS) is 12.5. The SMILES string of the molecule is CCCCC(NCCc1ccc(Br)s1)c1ccccc1. The van der Waals surface area contributed by atoms with Crippen molar-refractivity contribution in [2.75, 3.05) is 6.54 Å². The molecule has 3 heteroatoms. The maximum Gasteiger partial charge on any atom is 0.0701 e. The third-order valence-corrected chi connectivity index (χ3v) is 5.12. The van der Waals surface area contributed by atoms with Gasteiger partial charge in [0.15, 0.2) is 0 Å². The Morgan fingerprint density at radius 2 is 1.95 bits per heavy atom. The van der Waals surface area contributed by atoms with Gasteiger partial charge in [0.2, 0.25) is 0 Å². The van der Waals surface area contributed by atoms with Crippen molar-refractivity contribution >= 4 is 27.3 Å². The summed E-state index contributed by atoms with van der Waals surface area (Å²) in [6, 6.07) is 15.6. The molecule has 1 aromatic heterocycles. The standard InChI is InChI=1S/C17H22BrNS/c1-2-3-9-16(14-7-5-4-6-8-14)19-13-12-15-10-11-17(18)20-15/h4-8,10-11,16,19H,2-3,9,12-13H2,1H3. The van der Waals surface area contributed by atoms with Gasteiger partial charge in [-0.1, -0.05) is 50.1 Å². The van der Waals surface area contributed by atoms with E-state index in [2.05, 4.69) is 70.6 Å². The predicted octanol–water partition coefficient (Wildman–Crippen LogP) is 5.57. The van der Waals surface area contributed by atoms with Gasteiger partial charge < -0.3 is 5.32 Å². The van der Waals surface area contributed by atoms with Crippen molar-refractivity contribution in [2.45, 2.75) is 38.6 Å². The summed E-state index contributed by atoms with van der Waals surface area (Å²) in [5, 5.41) is 3.72. The van der Waals surface area contributed by atoms with E-state index in [4.69, 9.17) is 0 Å². The molecule has 1 atom stereocenters. The second kappa shape index (κ2) is 8.60. The highest BCUT2D eigenvalue weighted by molar-refractivity contribution is 9.11. The van der Waals surface area contributed by atoms with Gasteiger partial charge in [-0.3, -0.25) is 0 Å². The van der Waals surface area contributed by atoms with Gasteiger partial charge in [-0.2, -0.15) is 0 Å². The van der Waals surface area contributed by atoms with E-state index in [-0.39, 0.29) is 0 Å². The zero-order valence-electron chi connectivity index (χ0n) is 11.9. The van der Waals surface area contributed by atoms with Crippen molar-refractivity contribution in [1.82, 2.24) is 5.32 Å². The molecule has 0 aliphatic carbocycles. The summed E-state index contributed by atoms with van der Waals surface area (Å²) >= 11 is 5.35. The molecule has 0 radical (unpaired) electrons. The molecule has 2 aromatic rings. The molecule has 0 bridgehead atoms. The highest BCUT2D eigenvalue weighted by Crippen LogP contribution is 2.23. The number of rotatable bonds is 8. The van der Waals surface area contributed by atoms with Gasteiger partial charge in [-0.15, -0.1) is 11.3 Å². The van der Waals surface area contributed by atoms with Crippen LogP contribution < -0.4 is 5.32 Å². The average molecular weight is 352 g/mol. The van der Waals surface area contributed by atoms with Crippen molar-refractivity contribution in [1.29, 1.82) is 0 Å². The lowest BCUT2D eigenvalue weighted by molar-refractivity contribution is 0.485. The maximum atomic E-state index is 3.72. The van der Waals surface area contributed by atoms with Crippen LogP contribution in [0, 0.1) is 0 Å². The molecule has 1 aromatic carbocycles. The largest absolute Gasteiger partial charge is 0.310 e. The van der Waals surface area contributed by atoms with Gasteiger partial charge in [-0.25, -0.2) is 0 Å². The molecule has 0 aliphatic rings. The molecule has 0 aliphatic heterocycles.